The van der Waals surface area contributed by atoms with Crippen molar-refractivity contribution in [3.05, 3.63) is 29.8 Å². The lowest BCUT2D eigenvalue weighted by Crippen LogP contribution is -2.55. The summed E-state index contributed by atoms with van der Waals surface area (Å²) in [6.45, 7) is 15.1. The summed E-state index contributed by atoms with van der Waals surface area (Å²) in [7, 11) is 0. The van der Waals surface area contributed by atoms with Crippen molar-refractivity contribution in [1.29, 1.82) is 0 Å². The number of nitrogens with zero attached hydrogens (tertiary/aromatic N) is 1. The topological polar surface area (TPSA) is 24.5 Å². The average molecular weight is 290 g/mol. The third-order valence-corrected chi connectivity index (χ3v) is 4.35. The largest absolute Gasteiger partial charge is 0.492 e. The van der Waals surface area contributed by atoms with E-state index in [1.807, 2.05) is 0 Å². The van der Waals surface area contributed by atoms with E-state index >= 15 is 0 Å². The Hall–Kier alpha value is -1.06. The molecule has 2 unspecified atom stereocenters. The van der Waals surface area contributed by atoms with E-state index in [9.17, 15) is 0 Å². The van der Waals surface area contributed by atoms with Crippen molar-refractivity contribution >= 4 is 0 Å². The van der Waals surface area contributed by atoms with Crippen molar-refractivity contribution < 1.29 is 4.74 Å². The first kappa shape index (κ1) is 16.3. The minimum Gasteiger partial charge on any atom is -0.492 e. The predicted octanol–water partition coefficient (Wildman–Crippen LogP) is 3.05. The van der Waals surface area contributed by atoms with Gasteiger partial charge in [0, 0.05) is 31.7 Å². The molecule has 1 heterocycles. The van der Waals surface area contributed by atoms with Crippen LogP contribution < -0.4 is 10.1 Å². The van der Waals surface area contributed by atoms with Gasteiger partial charge in [0.15, 0.2) is 0 Å². The van der Waals surface area contributed by atoms with Crippen molar-refractivity contribution in [3.8, 4) is 5.75 Å². The molecule has 0 bridgehead atoms. The lowest BCUT2D eigenvalue weighted by Gasteiger charge is -2.39. The molecule has 1 fully saturated rings. The standard InChI is InChI=1S/C18H30N2O/c1-14-12-19-13-15(2)20(14)10-11-21-17-8-6-16(7-9-17)18(3,4)5/h6-9,14-15,19H,10-13H2,1-5H3. The molecule has 0 aliphatic carbocycles. The number of hydrogen-bond donors (Lipinski definition) is 1. The minimum absolute atomic E-state index is 0.199. The van der Waals surface area contributed by atoms with Gasteiger partial charge in [-0.15, -0.1) is 0 Å². The molecule has 0 saturated carbocycles. The third-order valence-electron chi connectivity index (χ3n) is 4.35. The highest BCUT2D eigenvalue weighted by Gasteiger charge is 2.23. The highest BCUT2D eigenvalue weighted by Crippen LogP contribution is 2.24. The Balaban J connectivity index is 1.83. The van der Waals surface area contributed by atoms with Crippen LogP contribution in [0.25, 0.3) is 0 Å². The number of hydrogen-bond acceptors (Lipinski definition) is 3. The van der Waals surface area contributed by atoms with Gasteiger partial charge < -0.3 is 10.1 Å². The maximum Gasteiger partial charge on any atom is 0.119 e. The zero-order valence-electron chi connectivity index (χ0n) is 14.1. The van der Waals surface area contributed by atoms with Crippen molar-refractivity contribution in [2.24, 2.45) is 0 Å². The zero-order valence-corrected chi connectivity index (χ0v) is 14.1. The van der Waals surface area contributed by atoms with Gasteiger partial charge >= 0.3 is 0 Å². The second-order valence-electron chi connectivity index (χ2n) is 7.22. The van der Waals surface area contributed by atoms with Crippen LogP contribution in [0.4, 0.5) is 0 Å². The molecule has 0 radical (unpaired) electrons. The molecule has 0 aromatic heterocycles. The Morgan fingerprint density at radius 3 is 2.19 bits per heavy atom. The summed E-state index contributed by atoms with van der Waals surface area (Å²) in [5.74, 6) is 0.971. The van der Waals surface area contributed by atoms with E-state index in [-0.39, 0.29) is 5.41 Å². The first-order valence-corrected chi connectivity index (χ1v) is 8.08. The van der Waals surface area contributed by atoms with E-state index in [2.05, 4.69) is 69.1 Å². The van der Waals surface area contributed by atoms with E-state index in [0.29, 0.717) is 12.1 Å². The maximum atomic E-state index is 5.91. The zero-order chi connectivity index (χ0) is 15.5. The van der Waals surface area contributed by atoms with E-state index in [0.717, 1.165) is 32.0 Å². The van der Waals surface area contributed by atoms with Gasteiger partial charge in [-0.25, -0.2) is 0 Å². The summed E-state index contributed by atoms with van der Waals surface area (Å²) < 4.78 is 5.91. The quantitative estimate of drug-likeness (QED) is 0.922. The van der Waals surface area contributed by atoms with E-state index in [1.165, 1.54) is 5.56 Å². The molecule has 2 rings (SSSR count). The highest BCUT2D eigenvalue weighted by molar-refractivity contribution is 5.31. The van der Waals surface area contributed by atoms with Crippen LogP contribution in [0, 0.1) is 0 Å². The van der Waals surface area contributed by atoms with Crippen molar-refractivity contribution in [2.45, 2.75) is 52.1 Å². The van der Waals surface area contributed by atoms with Crippen LogP contribution in [-0.2, 0) is 5.41 Å². The molecule has 1 aromatic rings. The Morgan fingerprint density at radius 2 is 1.67 bits per heavy atom. The molecule has 0 spiro atoms. The van der Waals surface area contributed by atoms with Gasteiger partial charge in [0.05, 0.1) is 0 Å². The second kappa shape index (κ2) is 6.80. The number of piperazine rings is 1. The molecule has 118 valence electrons. The molecule has 1 N–H and O–H groups in total. The predicted molar refractivity (Wildman–Crippen MR) is 89.1 cm³/mol. The smallest absolute Gasteiger partial charge is 0.119 e. The molecule has 2 atom stereocenters. The summed E-state index contributed by atoms with van der Waals surface area (Å²) in [6.07, 6.45) is 0. The fourth-order valence-corrected chi connectivity index (χ4v) is 2.93. The highest BCUT2D eigenvalue weighted by atomic mass is 16.5. The summed E-state index contributed by atoms with van der Waals surface area (Å²) in [6, 6.07) is 9.69. The second-order valence-corrected chi connectivity index (χ2v) is 7.22. The number of benzene rings is 1. The van der Waals surface area contributed by atoms with Crippen LogP contribution in [-0.4, -0.2) is 43.2 Å². The normalized spacial score (nSPS) is 24.0. The van der Waals surface area contributed by atoms with Gasteiger partial charge in [-0.1, -0.05) is 32.9 Å². The first-order valence-electron chi connectivity index (χ1n) is 8.08. The van der Waals surface area contributed by atoms with Crippen LogP contribution in [0.1, 0.15) is 40.2 Å². The molecule has 0 amide bonds. The fourth-order valence-electron chi connectivity index (χ4n) is 2.93. The van der Waals surface area contributed by atoms with Crippen LogP contribution >= 0.6 is 0 Å². The SMILES string of the molecule is CC1CNCC(C)N1CCOc1ccc(C(C)(C)C)cc1. The van der Waals surface area contributed by atoms with Gasteiger partial charge in [0.2, 0.25) is 0 Å². The maximum absolute atomic E-state index is 5.91. The molecule has 21 heavy (non-hydrogen) atoms. The summed E-state index contributed by atoms with van der Waals surface area (Å²) in [5, 5.41) is 3.46. The molecule has 1 aromatic carbocycles. The Bertz CT molecular complexity index is 426. The van der Waals surface area contributed by atoms with Gasteiger partial charge in [0.1, 0.15) is 12.4 Å². The molecule has 1 saturated heterocycles. The van der Waals surface area contributed by atoms with E-state index in [4.69, 9.17) is 4.74 Å². The monoisotopic (exact) mass is 290 g/mol. The Labute approximate surface area is 129 Å². The lowest BCUT2D eigenvalue weighted by atomic mass is 9.87. The van der Waals surface area contributed by atoms with Gasteiger partial charge in [0.25, 0.3) is 0 Å². The molecule has 1 aliphatic heterocycles. The van der Waals surface area contributed by atoms with Crippen molar-refractivity contribution in [1.82, 2.24) is 10.2 Å². The molecule has 3 heteroatoms. The van der Waals surface area contributed by atoms with Gasteiger partial charge in [-0.3, -0.25) is 4.90 Å². The fraction of sp³-hybridized carbons (Fsp3) is 0.667. The van der Waals surface area contributed by atoms with Gasteiger partial charge in [-0.05, 0) is 37.0 Å². The summed E-state index contributed by atoms with van der Waals surface area (Å²) >= 11 is 0. The summed E-state index contributed by atoms with van der Waals surface area (Å²) in [4.78, 5) is 2.53. The van der Waals surface area contributed by atoms with E-state index in [1.54, 1.807) is 0 Å². The molecule has 1 aliphatic rings. The number of ether oxygens (including phenoxy) is 1. The number of rotatable bonds is 4. The van der Waals surface area contributed by atoms with Crippen LogP contribution in [0.2, 0.25) is 0 Å². The van der Waals surface area contributed by atoms with Crippen LogP contribution in [0.3, 0.4) is 0 Å². The van der Waals surface area contributed by atoms with E-state index < -0.39 is 0 Å². The number of nitrogens with one attached hydrogen (secondary N) is 1. The molecular weight excluding hydrogens is 260 g/mol. The van der Waals surface area contributed by atoms with Crippen molar-refractivity contribution in [3.63, 3.8) is 0 Å². The average Bonchev–Trinajstić information content (AvgIpc) is 2.42. The Kier molecular flexibility index (Phi) is 5.28. The van der Waals surface area contributed by atoms with Crippen molar-refractivity contribution in [2.75, 3.05) is 26.2 Å². The van der Waals surface area contributed by atoms with Crippen LogP contribution in [0.5, 0.6) is 5.75 Å². The molecule has 3 nitrogen and oxygen atoms in total. The minimum atomic E-state index is 0.199. The molecular formula is C18H30N2O. The lowest BCUT2D eigenvalue weighted by molar-refractivity contribution is 0.0966. The third kappa shape index (κ3) is 4.45. The summed E-state index contributed by atoms with van der Waals surface area (Å²) in [5.41, 5.74) is 1.55. The van der Waals surface area contributed by atoms with Crippen LogP contribution in [0.15, 0.2) is 24.3 Å². The first-order chi connectivity index (χ1) is 9.88. The Morgan fingerprint density at radius 1 is 1.10 bits per heavy atom. The van der Waals surface area contributed by atoms with Gasteiger partial charge in [-0.2, -0.15) is 0 Å².